The fourth-order valence-corrected chi connectivity index (χ4v) is 5.76. The van der Waals surface area contributed by atoms with E-state index in [0.717, 1.165) is 54.9 Å². The number of nitriles is 1. The molecule has 4 heteroatoms. The molecule has 0 spiro atoms. The molecule has 0 atom stereocenters. The minimum atomic E-state index is 0.524. The van der Waals surface area contributed by atoms with Gasteiger partial charge in [-0.15, -0.1) is 0 Å². The third-order valence-corrected chi connectivity index (χ3v) is 7.62. The molecule has 0 saturated carbocycles. The molecule has 2 heterocycles. The first-order chi connectivity index (χ1) is 20.7. The summed E-state index contributed by atoms with van der Waals surface area (Å²) in [6, 6.07) is 40.0. The Kier molecular flexibility index (Phi) is 6.21. The molecule has 0 saturated heterocycles. The maximum atomic E-state index is 9.40. The fourth-order valence-electron chi connectivity index (χ4n) is 5.76. The zero-order valence-electron chi connectivity index (χ0n) is 22.5. The van der Waals surface area contributed by atoms with E-state index in [1.54, 1.807) is 18.6 Å². The number of benzene rings is 5. The molecule has 0 radical (unpaired) electrons. The first-order valence-corrected chi connectivity index (χ1v) is 13.6. The van der Waals surface area contributed by atoms with Gasteiger partial charge in [-0.2, -0.15) is 5.26 Å². The Labute approximate surface area is 243 Å². The smallest absolute Gasteiger partial charge is 0.205 e. The van der Waals surface area contributed by atoms with Crippen LogP contribution < -0.4 is 0 Å². The Morgan fingerprint density at radius 3 is 1.48 bits per heavy atom. The van der Waals surface area contributed by atoms with Gasteiger partial charge in [0.05, 0.1) is 12.1 Å². The van der Waals surface area contributed by atoms with Crippen LogP contribution in [0.3, 0.4) is 0 Å². The molecule has 42 heavy (non-hydrogen) atoms. The van der Waals surface area contributed by atoms with E-state index in [4.69, 9.17) is 6.57 Å². The van der Waals surface area contributed by atoms with Crippen LogP contribution in [0.5, 0.6) is 0 Å². The maximum absolute atomic E-state index is 9.40. The molecule has 0 bridgehead atoms. The van der Waals surface area contributed by atoms with E-state index in [9.17, 15) is 5.26 Å². The van der Waals surface area contributed by atoms with Gasteiger partial charge in [0, 0.05) is 30.4 Å². The van der Waals surface area contributed by atoms with Crippen LogP contribution in [0.25, 0.3) is 70.9 Å². The Hall–Kier alpha value is -6.10. The van der Waals surface area contributed by atoms with Crippen molar-refractivity contribution in [2.24, 2.45) is 0 Å². The normalized spacial score (nSPS) is 10.8. The molecule has 0 aliphatic rings. The SMILES string of the molecule is [C-]#[N+]c1cncc(-c2cccc(-c3c4ccccc4c(-c4cccc(-c5cncc(C#N)c5)c4)c4ccccc34)c2)c1. The predicted octanol–water partition coefficient (Wildman–Crippen LogP) is 9.87. The number of aromatic nitrogens is 2. The van der Waals surface area contributed by atoms with Crippen LogP contribution in [0.15, 0.2) is 134 Å². The Balaban J connectivity index is 1.47. The summed E-state index contributed by atoms with van der Waals surface area (Å²) in [5, 5.41) is 14.0. The zero-order valence-corrected chi connectivity index (χ0v) is 22.5. The van der Waals surface area contributed by atoms with Crippen LogP contribution in [0, 0.1) is 17.9 Å². The number of hydrogen-bond acceptors (Lipinski definition) is 3. The maximum Gasteiger partial charge on any atom is 0.205 e. The number of rotatable bonds is 4. The van der Waals surface area contributed by atoms with Crippen molar-refractivity contribution in [3.8, 4) is 50.6 Å². The zero-order chi connectivity index (χ0) is 28.5. The van der Waals surface area contributed by atoms with E-state index in [-0.39, 0.29) is 0 Å². The fraction of sp³-hybridized carbons (Fsp3) is 0. The summed E-state index contributed by atoms with van der Waals surface area (Å²) < 4.78 is 0. The lowest BCUT2D eigenvalue weighted by Gasteiger charge is -2.18. The summed E-state index contributed by atoms with van der Waals surface area (Å²) in [5.41, 5.74) is 9.47. The van der Waals surface area contributed by atoms with E-state index in [1.165, 1.54) is 11.1 Å². The van der Waals surface area contributed by atoms with Crippen molar-refractivity contribution in [1.29, 1.82) is 5.26 Å². The van der Waals surface area contributed by atoms with Crippen molar-refractivity contribution < 1.29 is 0 Å². The Morgan fingerprint density at radius 2 is 0.976 bits per heavy atom. The lowest BCUT2D eigenvalue weighted by atomic mass is 9.85. The van der Waals surface area contributed by atoms with Crippen molar-refractivity contribution in [3.63, 3.8) is 0 Å². The van der Waals surface area contributed by atoms with E-state index in [2.05, 4.69) is 118 Å². The summed E-state index contributed by atoms with van der Waals surface area (Å²) in [7, 11) is 0. The van der Waals surface area contributed by atoms with Gasteiger partial charge >= 0.3 is 0 Å². The van der Waals surface area contributed by atoms with Gasteiger partial charge in [0.2, 0.25) is 5.69 Å². The minimum Gasteiger partial charge on any atom is -0.276 e. The quantitative estimate of drug-likeness (QED) is 0.167. The molecule has 4 nitrogen and oxygen atoms in total. The van der Waals surface area contributed by atoms with Crippen molar-refractivity contribution in [1.82, 2.24) is 9.97 Å². The molecular weight excluding hydrogens is 512 g/mol. The number of nitrogens with zero attached hydrogens (tertiary/aromatic N) is 4. The van der Waals surface area contributed by atoms with E-state index >= 15 is 0 Å². The van der Waals surface area contributed by atoms with E-state index in [1.807, 2.05) is 18.3 Å². The predicted molar refractivity (Wildman–Crippen MR) is 170 cm³/mol. The lowest BCUT2D eigenvalue weighted by Crippen LogP contribution is -1.92. The van der Waals surface area contributed by atoms with E-state index < -0.39 is 0 Å². The van der Waals surface area contributed by atoms with Gasteiger partial charge in [-0.1, -0.05) is 84.9 Å². The van der Waals surface area contributed by atoms with Gasteiger partial charge in [-0.3, -0.25) is 9.97 Å². The summed E-state index contributed by atoms with van der Waals surface area (Å²) >= 11 is 0. The average Bonchev–Trinajstić information content (AvgIpc) is 3.07. The van der Waals surface area contributed by atoms with Crippen molar-refractivity contribution in [2.45, 2.75) is 0 Å². The second-order valence-corrected chi connectivity index (χ2v) is 10.1. The number of pyridine rings is 2. The molecule has 7 rings (SSSR count). The molecule has 0 amide bonds. The Bertz CT molecular complexity index is 2020. The topological polar surface area (TPSA) is 53.9 Å². The van der Waals surface area contributed by atoms with Gasteiger partial charge < -0.3 is 0 Å². The van der Waals surface area contributed by atoms with Crippen LogP contribution in [0.2, 0.25) is 0 Å². The second kappa shape index (κ2) is 10.5. The first-order valence-electron chi connectivity index (χ1n) is 13.6. The molecule has 0 N–H and O–H groups in total. The van der Waals surface area contributed by atoms with Gasteiger partial charge in [-0.05, 0) is 84.8 Å². The summed E-state index contributed by atoms with van der Waals surface area (Å²) in [5.74, 6) is 0. The van der Waals surface area contributed by atoms with Crippen LogP contribution in [0.1, 0.15) is 5.56 Å². The van der Waals surface area contributed by atoms with Crippen LogP contribution in [-0.2, 0) is 0 Å². The molecule has 194 valence electrons. The summed E-state index contributed by atoms with van der Waals surface area (Å²) in [6.07, 6.45) is 6.78. The molecule has 7 aromatic rings. The molecular formula is C38H22N4. The molecule has 0 fully saturated rings. The molecule has 5 aromatic carbocycles. The molecule has 0 unspecified atom stereocenters. The highest BCUT2D eigenvalue weighted by Gasteiger charge is 2.17. The second-order valence-electron chi connectivity index (χ2n) is 10.1. The monoisotopic (exact) mass is 534 g/mol. The van der Waals surface area contributed by atoms with Crippen molar-refractivity contribution in [3.05, 3.63) is 151 Å². The highest BCUT2D eigenvalue weighted by Crippen LogP contribution is 2.44. The van der Waals surface area contributed by atoms with E-state index in [0.29, 0.717) is 11.3 Å². The van der Waals surface area contributed by atoms with Gasteiger partial charge in [0.15, 0.2) is 0 Å². The van der Waals surface area contributed by atoms with Crippen LogP contribution >= 0.6 is 0 Å². The van der Waals surface area contributed by atoms with Crippen molar-refractivity contribution in [2.75, 3.05) is 0 Å². The van der Waals surface area contributed by atoms with Gasteiger partial charge in [0.1, 0.15) is 6.07 Å². The third-order valence-electron chi connectivity index (χ3n) is 7.62. The average molecular weight is 535 g/mol. The molecule has 0 aliphatic carbocycles. The Morgan fingerprint density at radius 1 is 0.500 bits per heavy atom. The highest BCUT2D eigenvalue weighted by molar-refractivity contribution is 6.21. The third kappa shape index (κ3) is 4.34. The summed E-state index contributed by atoms with van der Waals surface area (Å²) in [4.78, 5) is 12.1. The van der Waals surface area contributed by atoms with Crippen molar-refractivity contribution >= 4 is 27.2 Å². The largest absolute Gasteiger partial charge is 0.276 e. The van der Waals surface area contributed by atoms with Gasteiger partial charge in [0.25, 0.3) is 0 Å². The molecule has 2 aromatic heterocycles. The number of hydrogen-bond donors (Lipinski definition) is 0. The first kappa shape index (κ1) is 24.9. The van der Waals surface area contributed by atoms with Gasteiger partial charge in [-0.25, -0.2) is 4.85 Å². The van der Waals surface area contributed by atoms with Crippen LogP contribution in [0.4, 0.5) is 5.69 Å². The minimum absolute atomic E-state index is 0.524. The standard InChI is InChI=1S/C38H22N4/c1-40-32-19-31(23-42-24-32)27-9-7-11-29(18-27)38-35-14-4-2-12-33(35)37(34-13-3-5-15-36(34)38)28-10-6-8-26(17-28)30-16-25(20-39)21-41-22-30/h2-19,21-24H. The highest BCUT2D eigenvalue weighted by atomic mass is 14.7. The summed E-state index contributed by atoms with van der Waals surface area (Å²) in [6.45, 7) is 7.40. The lowest BCUT2D eigenvalue weighted by molar-refractivity contribution is 1.30. The number of fused-ring (bicyclic) bond motifs is 2. The van der Waals surface area contributed by atoms with Crippen LogP contribution in [-0.4, -0.2) is 9.97 Å². The molecule has 0 aliphatic heterocycles.